The molecule has 1 heterocycles. The van der Waals surface area contributed by atoms with Gasteiger partial charge in [0.25, 0.3) is 5.89 Å². The number of nitrogens with zero attached hydrogens (tertiary/aromatic N) is 2. The average molecular weight is 356 g/mol. The molecule has 0 saturated heterocycles. The first-order chi connectivity index (χ1) is 12.6. The molecule has 1 unspecified atom stereocenters. The molecule has 0 radical (unpaired) electrons. The number of quaternary nitrogens is 1. The van der Waals surface area contributed by atoms with Gasteiger partial charge in [0.15, 0.2) is 18.1 Å². The van der Waals surface area contributed by atoms with Gasteiger partial charge >= 0.3 is 0 Å². The zero-order chi connectivity index (χ0) is 18.5. The lowest BCUT2D eigenvalue weighted by atomic mass is 10.1. The highest BCUT2D eigenvalue weighted by molar-refractivity contribution is 5.54. The maximum absolute atomic E-state index is 13.8. The van der Waals surface area contributed by atoms with Crippen LogP contribution in [0.3, 0.4) is 0 Å². The Morgan fingerprint density at radius 2 is 1.81 bits per heavy atom. The number of hydrogen-bond donors (Lipinski definition) is 1. The fraction of sp³-hybridized carbons (Fsp3) is 0.300. The van der Waals surface area contributed by atoms with Gasteiger partial charge in [-0.15, -0.1) is 0 Å². The highest BCUT2D eigenvalue weighted by Crippen LogP contribution is 2.18. The van der Waals surface area contributed by atoms with Crippen molar-refractivity contribution in [1.82, 2.24) is 10.1 Å². The van der Waals surface area contributed by atoms with E-state index in [1.54, 1.807) is 6.07 Å². The summed E-state index contributed by atoms with van der Waals surface area (Å²) in [5, 5.41) is 4.06. The Morgan fingerprint density at radius 3 is 2.46 bits per heavy atom. The lowest BCUT2D eigenvalue weighted by Crippen LogP contribution is -3.06. The van der Waals surface area contributed by atoms with Crippen molar-refractivity contribution < 1.29 is 18.6 Å². The first-order valence-electron chi connectivity index (χ1n) is 8.64. The second-order valence-corrected chi connectivity index (χ2v) is 6.34. The van der Waals surface area contributed by atoms with E-state index in [-0.39, 0.29) is 11.6 Å². The van der Waals surface area contributed by atoms with Crippen LogP contribution in [-0.2, 0) is 19.5 Å². The summed E-state index contributed by atoms with van der Waals surface area (Å²) < 4.78 is 24.1. The van der Waals surface area contributed by atoms with Crippen LogP contribution >= 0.6 is 0 Å². The Morgan fingerprint density at radius 1 is 1.08 bits per heavy atom. The highest BCUT2D eigenvalue weighted by atomic mass is 19.1. The highest BCUT2D eigenvalue weighted by Gasteiger charge is 2.14. The van der Waals surface area contributed by atoms with Crippen LogP contribution in [0, 0.1) is 5.82 Å². The normalized spacial score (nSPS) is 12.2. The monoisotopic (exact) mass is 356 g/mol. The summed E-state index contributed by atoms with van der Waals surface area (Å²) in [6.07, 6.45) is 0.998. The van der Waals surface area contributed by atoms with E-state index in [0.717, 1.165) is 22.4 Å². The molecule has 0 bridgehead atoms. The van der Waals surface area contributed by atoms with Gasteiger partial charge in [-0.2, -0.15) is 4.98 Å². The molecule has 0 aliphatic carbocycles. The Balaban J connectivity index is 1.63. The van der Waals surface area contributed by atoms with E-state index < -0.39 is 0 Å². The predicted octanol–water partition coefficient (Wildman–Crippen LogP) is 2.66. The molecule has 0 fully saturated rings. The Bertz CT molecular complexity index is 862. The van der Waals surface area contributed by atoms with E-state index in [2.05, 4.69) is 29.2 Å². The van der Waals surface area contributed by atoms with E-state index in [1.807, 2.05) is 25.2 Å². The summed E-state index contributed by atoms with van der Waals surface area (Å²) >= 11 is 0. The lowest BCUT2D eigenvalue weighted by molar-refractivity contribution is -0.909. The van der Waals surface area contributed by atoms with Gasteiger partial charge in [-0.05, 0) is 30.2 Å². The third-order valence-electron chi connectivity index (χ3n) is 4.26. The molecule has 0 aliphatic rings. The van der Waals surface area contributed by atoms with Crippen LogP contribution in [0.2, 0.25) is 0 Å². The molecule has 0 aliphatic heterocycles. The van der Waals surface area contributed by atoms with E-state index in [1.165, 1.54) is 18.7 Å². The van der Waals surface area contributed by atoms with Gasteiger partial charge in [-0.1, -0.05) is 36.3 Å². The number of methoxy groups -OCH3 is 1. The number of aromatic nitrogens is 2. The summed E-state index contributed by atoms with van der Waals surface area (Å²) in [6, 6.07) is 13.1. The van der Waals surface area contributed by atoms with Gasteiger partial charge < -0.3 is 14.2 Å². The molecule has 0 saturated carbocycles. The lowest BCUT2D eigenvalue weighted by Gasteiger charge is -2.12. The van der Waals surface area contributed by atoms with Gasteiger partial charge in [0, 0.05) is 11.1 Å². The Hall–Kier alpha value is -2.73. The molecule has 0 spiro atoms. The molecule has 1 aromatic heterocycles. The molecule has 3 rings (SSSR count). The second-order valence-electron chi connectivity index (χ2n) is 6.34. The standard InChI is InChI=1S/C20H22FN3O2/c1-4-14-5-8-16(9-6-14)20-22-19(26-23-20)13-24(2)12-15-7-10-18(25-3)17(21)11-15/h5-11H,4,12-13H2,1-3H3/p+1. The summed E-state index contributed by atoms with van der Waals surface area (Å²) in [5.41, 5.74) is 3.09. The van der Waals surface area contributed by atoms with Crippen LogP contribution in [0.5, 0.6) is 5.75 Å². The minimum Gasteiger partial charge on any atom is -0.494 e. The fourth-order valence-electron chi connectivity index (χ4n) is 2.82. The number of ether oxygens (including phenoxy) is 1. The minimum absolute atomic E-state index is 0.252. The third-order valence-corrected chi connectivity index (χ3v) is 4.26. The van der Waals surface area contributed by atoms with E-state index in [4.69, 9.17) is 9.26 Å². The topological polar surface area (TPSA) is 52.6 Å². The van der Waals surface area contributed by atoms with Crippen molar-refractivity contribution in [3.05, 3.63) is 65.3 Å². The zero-order valence-corrected chi connectivity index (χ0v) is 15.3. The molecule has 1 N–H and O–H groups in total. The van der Waals surface area contributed by atoms with Crippen LogP contribution in [0.1, 0.15) is 23.9 Å². The van der Waals surface area contributed by atoms with Gasteiger partial charge in [-0.25, -0.2) is 4.39 Å². The van der Waals surface area contributed by atoms with Gasteiger partial charge in [0.05, 0.1) is 14.2 Å². The van der Waals surface area contributed by atoms with Crippen molar-refractivity contribution in [3.8, 4) is 17.1 Å². The number of rotatable bonds is 7. The predicted molar refractivity (Wildman–Crippen MR) is 96.4 cm³/mol. The Labute approximate surface area is 152 Å². The third kappa shape index (κ3) is 4.26. The first kappa shape index (κ1) is 18.1. The molecule has 6 heteroatoms. The van der Waals surface area contributed by atoms with Gasteiger partial charge in [-0.3, -0.25) is 0 Å². The molecule has 1 atom stereocenters. The summed E-state index contributed by atoms with van der Waals surface area (Å²) in [6.45, 7) is 3.33. The number of halogens is 1. The maximum atomic E-state index is 13.8. The minimum atomic E-state index is -0.353. The molecule has 26 heavy (non-hydrogen) atoms. The number of aryl methyl sites for hydroxylation is 1. The average Bonchev–Trinajstić information content (AvgIpc) is 3.10. The largest absolute Gasteiger partial charge is 0.494 e. The van der Waals surface area contributed by atoms with Gasteiger partial charge in [0.1, 0.15) is 6.54 Å². The number of hydrogen-bond acceptors (Lipinski definition) is 4. The number of benzene rings is 2. The quantitative estimate of drug-likeness (QED) is 0.707. The molecule has 2 aromatic carbocycles. The van der Waals surface area contributed by atoms with Crippen LogP contribution in [-0.4, -0.2) is 24.3 Å². The molecule has 5 nitrogen and oxygen atoms in total. The summed E-state index contributed by atoms with van der Waals surface area (Å²) in [5.74, 6) is 1.05. The fourth-order valence-corrected chi connectivity index (χ4v) is 2.82. The van der Waals surface area contributed by atoms with Crippen molar-refractivity contribution in [2.24, 2.45) is 0 Å². The molecular formula is C20H23FN3O2+. The molecule has 136 valence electrons. The maximum Gasteiger partial charge on any atom is 0.282 e. The van der Waals surface area contributed by atoms with Crippen molar-refractivity contribution >= 4 is 0 Å². The smallest absolute Gasteiger partial charge is 0.282 e. The number of nitrogens with one attached hydrogen (secondary N) is 1. The van der Waals surface area contributed by atoms with Gasteiger partial charge in [0.2, 0.25) is 5.82 Å². The molecule has 0 amide bonds. The summed E-state index contributed by atoms with van der Waals surface area (Å²) in [4.78, 5) is 5.59. The van der Waals surface area contributed by atoms with Crippen LogP contribution < -0.4 is 9.64 Å². The first-order valence-corrected chi connectivity index (χ1v) is 8.64. The van der Waals surface area contributed by atoms with Crippen LogP contribution in [0.4, 0.5) is 4.39 Å². The van der Waals surface area contributed by atoms with Crippen molar-refractivity contribution in [3.63, 3.8) is 0 Å². The summed E-state index contributed by atoms with van der Waals surface area (Å²) in [7, 11) is 3.46. The molecule has 3 aromatic rings. The van der Waals surface area contributed by atoms with E-state index in [9.17, 15) is 4.39 Å². The van der Waals surface area contributed by atoms with Crippen LogP contribution in [0.25, 0.3) is 11.4 Å². The zero-order valence-electron chi connectivity index (χ0n) is 15.3. The SMILES string of the molecule is CCc1ccc(-c2noc(C[NH+](C)Cc3ccc(OC)c(F)c3)n2)cc1. The Kier molecular flexibility index (Phi) is 5.63. The molecular weight excluding hydrogens is 333 g/mol. The van der Waals surface area contributed by atoms with E-state index in [0.29, 0.717) is 24.8 Å². The van der Waals surface area contributed by atoms with Crippen molar-refractivity contribution in [1.29, 1.82) is 0 Å². The van der Waals surface area contributed by atoms with Crippen molar-refractivity contribution in [2.45, 2.75) is 26.4 Å². The van der Waals surface area contributed by atoms with Crippen LogP contribution in [0.15, 0.2) is 47.0 Å². The van der Waals surface area contributed by atoms with E-state index >= 15 is 0 Å². The van der Waals surface area contributed by atoms with Crippen molar-refractivity contribution in [2.75, 3.05) is 14.2 Å². The second kappa shape index (κ2) is 8.10.